The van der Waals surface area contributed by atoms with Gasteiger partial charge in [-0.15, -0.1) is 0 Å². The van der Waals surface area contributed by atoms with Crippen molar-refractivity contribution in [2.24, 2.45) is 0 Å². The molecule has 4 aromatic rings. The number of rotatable bonds is 1. The van der Waals surface area contributed by atoms with Gasteiger partial charge in [-0.05, 0) is 30.3 Å². The maximum absolute atomic E-state index is 12.2. The number of aromatic nitrogens is 2. The molecule has 0 aliphatic carbocycles. The van der Waals surface area contributed by atoms with Crippen LogP contribution in [-0.2, 0) is 0 Å². The monoisotopic (exact) mass is 296 g/mol. The van der Waals surface area contributed by atoms with Gasteiger partial charge < -0.3 is 4.42 Å². The van der Waals surface area contributed by atoms with E-state index in [0.29, 0.717) is 21.9 Å². The molecule has 0 fully saturated rings. The van der Waals surface area contributed by atoms with E-state index >= 15 is 0 Å². The van der Waals surface area contributed by atoms with E-state index in [0.717, 1.165) is 11.0 Å². The molecule has 0 spiro atoms. The molecule has 5 heteroatoms. The van der Waals surface area contributed by atoms with E-state index in [4.69, 9.17) is 16.0 Å². The first-order chi connectivity index (χ1) is 10.2. The van der Waals surface area contributed by atoms with Crippen LogP contribution in [-0.4, -0.2) is 9.55 Å². The summed E-state index contributed by atoms with van der Waals surface area (Å²) in [4.78, 5) is 16.5. The first kappa shape index (κ1) is 12.2. The van der Waals surface area contributed by atoms with Crippen molar-refractivity contribution in [1.29, 1.82) is 0 Å². The number of hydrogen-bond donors (Lipinski definition) is 0. The fourth-order valence-corrected chi connectivity index (χ4v) is 2.54. The zero-order valence-corrected chi connectivity index (χ0v) is 11.5. The Kier molecular flexibility index (Phi) is 2.59. The Labute approximate surface area is 124 Å². The molecule has 0 aliphatic rings. The van der Waals surface area contributed by atoms with Gasteiger partial charge in [0.2, 0.25) is 5.88 Å². The van der Waals surface area contributed by atoms with Crippen LogP contribution in [0.2, 0.25) is 5.02 Å². The molecule has 0 saturated heterocycles. The van der Waals surface area contributed by atoms with Gasteiger partial charge in [0.1, 0.15) is 11.9 Å². The van der Waals surface area contributed by atoms with Gasteiger partial charge in [0.05, 0.1) is 16.4 Å². The Morgan fingerprint density at radius 2 is 1.95 bits per heavy atom. The van der Waals surface area contributed by atoms with Gasteiger partial charge in [0, 0.05) is 11.1 Å². The summed E-state index contributed by atoms with van der Waals surface area (Å²) in [6.45, 7) is 0. The third-order valence-electron chi connectivity index (χ3n) is 3.37. The number of hydrogen-bond acceptors (Lipinski definition) is 3. The van der Waals surface area contributed by atoms with Crippen LogP contribution in [0.3, 0.4) is 0 Å². The van der Waals surface area contributed by atoms with Crippen molar-refractivity contribution < 1.29 is 4.42 Å². The predicted octanol–water partition coefficient (Wildman–Crippen LogP) is 3.79. The molecule has 0 bridgehead atoms. The van der Waals surface area contributed by atoms with Gasteiger partial charge in [-0.25, -0.2) is 4.98 Å². The molecule has 4 rings (SSSR count). The van der Waals surface area contributed by atoms with Crippen molar-refractivity contribution >= 4 is 33.6 Å². The second-order valence-electron chi connectivity index (χ2n) is 4.69. The summed E-state index contributed by atoms with van der Waals surface area (Å²) in [5.74, 6) is 0.434. The molecule has 0 aliphatic heterocycles. The van der Waals surface area contributed by atoms with E-state index < -0.39 is 0 Å². The minimum atomic E-state index is -0.133. The van der Waals surface area contributed by atoms with Gasteiger partial charge in [-0.3, -0.25) is 9.36 Å². The van der Waals surface area contributed by atoms with Gasteiger partial charge in [0.15, 0.2) is 5.43 Å². The fourth-order valence-electron chi connectivity index (χ4n) is 2.37. The summed E-state index contributed by atoms with van der Waals surface area (Å²) in [6, 6.07) is 14.1. The van der Waals surface area contributed by atoms with E-state index in [1.807, 2.05) is 24.3 Å². The van der Waals surface area contributed by atoms with E-state index in [1.165, 1.54) is 6.07 Å². The largest absolute Gasteiger partial charge is 0.440 e. The molecule has 0 atom stereocenters. The lowest BCUT2D eigenvalue weighted by Crippen LogP contribution is -2.03. The smallest absolute Gasteiger partial charge is 0.209 e. The Hall–Kier alpha value is -2.59. The highest BCUT2D eigenvalue weighted by molar-refractivity contribution is 6.31. The number of benzene rings is 2. The lowest BCUT2D eigenvalue weighted by molar-refractivity contribution is 0.571. The van der Waals surface area contributed by atoms with Crippen molar-refractivity contribution in [2.45, 2.75) is 0 Å². The number of halogens is 1. The van der Waals surface area contributed by atoms with Crippen LogP contribution in [0.4, 0.5) is 0 Å². The van der Waals surface area contributed by atoms with Crippen molar-refractivity contribution in [3.63, 3.8) is 0 Å². The quantitative estimate of drug-likeness (QED) is 0.537. The molecule has 21 heavy (non-hydrogen) atoms. The van der Waals surface area contributed by atoms with E-state index in [1.54, 1.807) is 29.1 Å². The van der Waals surface area contributed by atoms with Crippen LogP contribution in [0.15, 0.2) is 64.1 Å². The van der Waals surface area contributed by atoms with E-state index in [2.05, 4.69) is 4.98 Å². The SMILES string of the molecule is O=c1cc(-n2cnc3ccccc32)oc2ccc(Cl)cc12. The maximum Gasteiger partial charge on any atom is 0.209 e. The zero-order chi connectivity index (χ0) is 14.4. The van der Waals surface area contributed by atoms with Crippen LogP contribution in [0.1, 0.15) is 0 Å². The van der Waals surface area contributed by atoms with Crippen LogP contribution in [0.5, 0.6) is 0 Å². The minimum Gasteiger partial charge on any atom is -0.440 e. The van der Waals surface area contributed by atoms with Crippen molar-refractivity contribution in [3.8, 4) is 5.88 Å². The highest BCUT2D eigenvalue weighted by atomic mass is 35.5. The minimum absolute atomic E-state index is 0.133. The third-order valence-corrected chi connectivity index (χ3v) is 3.60. The Morgan fingerprint density at radius 3 is 2.86 bits per heavy atom. The summed E-state index contributed by atoms with van der Waals surface area (Å²) < 4.78 is 7.57. The first-order valence-corrected chi connectivity index (χ1v) is 6.76. The van der Waals surface area contributed by atoms with Gasteiger partial charge in [-0.2, -0.15) is 0 Å². The van der Waals surface area contributed by atoms with Crippen LogP contribution in [0, 0.1) is 0 Å². The highest BCUT2D eigenvalue weighted by Crippen LogP contribution is 2.22. The van der Waals surface area contributed by atoms with Gasteiger partial charge in [0.25, 0.3) is 0 Å². The molecule has 0 unspecified atom stereocenters. The Morgan fingerprint density at radius 1 is 1.10 bits per heavy atom. The summed E-state index contributed by atoms with van der Waals surface area (Å²) in [7, 11) is 0. The average Bonchev–Trinajstić information content (AvgIpc) is 2.92. The van der Waals surface area contributed by atoms with E-state index in [-0.39, 0.29) is 5.43 Å². The van der Waals surface area contributed by atoms with Crippen LogP contribution >= 0.6 is 11.6 Å². The second kappa shape index (κ2) is 4.46. The zero-order valence-electron chi connectivity index (χ0n) is 10.8. The summed E-state index contributed by atoms with van der Waals surface area (Å²) in [5, 5.41) is 0.978. The summed E-state index contributed by atoms with van der Waals surface area (Å²) in [6.07, 6.45) is 1.64. The van der Waals surface area contributed by atoms with Crippen LogP contribution < -0.4 is 5.43 Å². The maximum atomic E-state index is 12.2. The molecular formula is C16H9ClN2O2. The third kappa shape index (κ3) is 1.92. The van der Waals surface area contributed by atoms with Gasteiger partial charge >= 0.3 is 0 Å². The molecule has 0 N–H and O–H groups in total. The molecular weight excluding hydrogens is 288 g/mol. The van der Waals surface area contributed by atoms with E-state index in [9.17, 15) is 4.79 Å². The standard InChI is InChI=1S/C16H9ClN2O2/c17-10-5-6-15-11(7-10)14(20)8-16(21-15)19-9-18-12-3-1-2-4-13(12)19/h1-9H. The molecule has 2 aromatic carbocycles. The number of para-hydroxylation sites is 2. The molecule has 0 radical (unpaired) electrons. The lowest BCUT2D eigenvalue weighted by Gasteiger charge is -2.05. The van der Waals surface area contributed by atoms with Crippen molar-refractivity contribution in [1.82, 2.24) is 9.55 Å². The summed E-state index contributed by atoms with van der Waals surface area (Å²) in [5.41, 5.74) is 2.09. The fraction of sp³-hybridized carbons (Fsp3) is 0. The molecule has 0 saturated carbocycles. The average molecular weight is 297 g/mol. The predicted molar refractivity (Wildman–Crippen MR) is 82.1 cm³/mol. The van der Waals surface area contributed by atoms with Crippen molar-refractivity contribution in [3.05, 3.63) is 70.1 Å². The molecule has 0 amide bonds. The molecule has 102 valence electrons. The van der Waals surface area contributed by atoms with Crippen molar-refractivity contribution in [2.75, 3.05) is 0 Å². The first-order valence-electron chi connectivity index (χ1n) is 6.38. The van der Waals surface area contributed by atoms with Crippen LogP contribution in [0.25, 0.3) is 27.9 Å². The molecule has 2 aromatic heterocycles. The second-order valence-corrected chi connectivity index (χ2v) is 5.13. The number of fused-ring (bicyclic) bond motifs is 2. The molecule has 2 heterocycles. The van der Waals surface area contributed by atoms with Gasteiger partial charge in [-0.1, -0.05) is 23.7 Å². The number of imidazole rings is 1. The topological polar surface area (TPSA) is 48.0 Å². The highest BCUT2D eigenvalue weighted by Gasteiger charge is 2.10. The Balaban J connectivity index is 2.03. The number of nitrogens with zero attached hydrogens (tertiary/aromatic N) is 2. The lowest BCUT2D eigenvalue weighted by atomic mass is 10.2. The normalized spacial score (nSPS) is 11.3. The Bertz CT molecular complexity index is 1030. The molecule has 4 nitrogen and oxygen atoms in total. The summed E-state index contributed by atoms with van der Waals surface area (Å²) >= 11 is 5.91.